The van der Waals surface area contributed by atoms with Crippen molar-refractivity contribution >= 4 is 23.3 Å². The second kappa shape index (κ2) is 4.77. The summed E-state index contributed by atoms with van der Waals surface area (Å²) in [5, 5.41) is 2.00. The third kappa shape index (κ3) is 1.99. The smallest absolute Gasteiger partial charge is 0.0606 e. The average Bonchev–Trinajstić information content (AvgIpc) is 2.78. The zero-order valence-electron chi connectivity index (χ0n) is 10.1. The minimum Gasteiger partial charge on any atom is -0.364 e. The number of rotatable bonds is 2. The number of fused-ring (bicyclic) bond motifs is 1. The van der Waals surface area contributed by atoms with E-state index in [0.717, 1.165) is 11.8 Å². The molecule has 1 aromatic rings. The van der Waals surface area contributed by atoms with Crippen molar-refractivity contribution in [1.82, 2.24) is 0 Å². The average molecular weight is 245 g/mol. The first-order valence-corrected chi connectivity index (χ1v) is 7.14. The quantitative estimate of drug-likeness (QED) is 0.731. The summed E-state index contributed by atoms with van der Waals surface area (Å²) in [6, 6.07) is 11.2. The first-order chi connectivity index (χ1) is 8.40. The van der Waals surface area contributed by atoms with Crippen molar-refractivity contribution in [2.75, 3.05) is 11.4 Å². The maximum absolute atomic E-state index is 5.29. The first-order valence-electron chi connectivity index (χ1n) is 6.67. The molecule has 1 aliphatic heterocycles. The summed E-state index contributed by atoms with van der Waals surface area (Å²) in [6.07, 6.45) is 5.57. The van der Waals surface area contributed by atoms with Crippen LogP contribution in [0.4, 0.5) is 5.69 Å². The molecule has 1 saturated carbocycles. The Hall–Kier alpha value is -0.890. The van der Waals surface area contributed by atoms with E-state index < -0.39 is 0 Å². The Kier molecular flexibility index (Phi) is 3.15. The van der Waals surface area contributed by atoms with E-state index >= 15 is 0 Å². The lowest BCUT2D eigenvalue weighted by Crippen LogP contribution is -2.33. The molecule has 1 saturated heterocycles. The monoisotopic (exact) mass is 245 g/mol. The van der Waals surface area contributed by atoms with E-state index in [1.807, 2.05) is 5.37 Å². The number of hydrogen-bond donors (Lipinski definition) is 0. The van der Waals surface area contributed by atoms with E-state index in [2.05, 4.69) is 35.2 Å². The molecule has 2 aliphatic rings. The van der Waals surface area contributed by atoms with Gasteiger partial charge in [0, 0.05) is 17.6 Å². The molecule has 17 heavy (non-hydrogen) atoms. The third-order valence-electron chi connectivity index (χ3n) is 4.42. The van der Waals surface area contributed by atoms with Crippen LogP contribution in [0.2, 0.25) is 0 Å². The lowest BCUT2D eigenvalue weighted by Gasteiger charge is -2.28. The molecule has 0 amide bonds. The summed E-state index contributed by atoms with van der Waals surface area (Å²) >= 11 is 5.29. The summed E-state index contributed by atoms with van der Waals surface area (Å²) < 4.78 is 0. The van der Waals surface area contributed by atoms with Crippen LogP contribution >= 0.6 is 12.2 Å². The van der Waals surface area contributed by atoms with Gasteiger partial charge in [0.05, 0.1) is 6.04 Å². The molecule has 0 bridgehead atoms. The predicted octanol–water partition coefficient (Wildman–Crippen LogP) is 3.68. The molecule has 3 atom stereocenters. The van der Waals surface area contributed by atoms with Gasteiger partial charge in [-0.05, 0) is 36.8 Å². The van der Waals surface area contributed by atoms with Gasteiger partial charge in [-0.1, -0.05) is 43.3 Å². The van der Waals surface area contributed by atoms with Crippen molar-refractivity contribution in [3.8, 4) is 0 Å². The highest BCUT2D eigenvalue weighted by molar-refractivity contribution is 7.79. The van der Waals surface area contributed by atoms with Gasteiger partial charge in [-0.2, -0.15) is 0 Å². The minimum atomic E-state index is 0.484. The Bertz CT molecular complexity index is 389. The fourth-order valence-corrected chi connectivity index (χ4v) is 3.94. The topological polar surface area (TPSA) is 3.24 Å². The molecule has 2 heteroatoms. The van der Waals surface area contributed by atoms with Crippen LogP contribution in [0, 0.1) is 11.8 Å². The van der Waals surface area contributed by atoms with Crippen molar-refractivity contribution in [1.29, 1.82) is 0 Å². The van der Waals surface area contributed by atoms with Gasteiger partial charge < -0.3 is 4.90 Å². The highest BCUT2D eigenvalue weighted by Crippen LogP contribution is 2.41. The lowest BCUT2D eigenvalue weighted by atomic mass is 9.79. The molecule has 3 unspecified atom stereocenters. The molecule has 3 rings (SSSR count). The maximum Gasteiger partial charge on any atom is 0.0606 e. The Morgan fingerprint density at radius 1 is 1.12 bits per heavy atom. The van der Waals surface area contributed by atoms with Gasteiger partial charge in [-0.15, -0.1) is 0 Å². The molecule has 0 spiro atoms. The molecule has 1 heterocycles. The van der Waals surface area contributed by atoms with Crippen LogP contribution in [0.15, 0.2) is 30.3 Å². The van der Waals surface area contributed by atoms with E-state index in [-0.39, 0.29) is 0 Å². The van der Waals surface area contributed by atoms with Crippen LogP contribution in [0.25, 0.3) is 0 Å². The Morgan fingerprint density at radius 3 is 2.65 bits per heavy atom. The number of para-hydroxylation sites is 1. The molecule has 90 valence electrons. The standard InChI is InChI=1S/C15H19NS/c17-11-15-14-9-5-4-6-12(14)10-16(15)13-7-2-1-3-8-13/h1-3,7-8,11-12,14-15H,4-6,9-10H2. The van der Waals surface area contributed by atoms with Crippen LogP contribution in [0.3, 0.4) is 0 Å². The highest BCUT2D eigenvalue weighted by Gasteiger charge is 2.41. The molecule has 1 aromatic carbocycles. The van der Waals surface area contributed by atoms with Gasteiger partial charge in [-0.3, -0.25) is 0 Å². The summed E-state index contributed by atoms with van der Waals surface area (Å²) in [5.74, 6) is 1.68. The number of nitrogens with zero attached hydrogens (tertiary/aromatic N) is 1. The van der Waals surface area contributed by atoms with Crippen LogP contribution in [-0.2, 0) is 0 Å². The number of benzene rings is 1. The Labute approximate surface area is 109 Å². The number of anilines is 1. The summed E-state index contributed by atoms with van der Waals surface area (Å²) in [6.45, 7) is 1.20. The van der Waals surface area contributed by atoms with Crippen LogP contribution in [-0.4, -0.2) is 18.0 Å². The maximum atomic E-state index is 5.29. The fraction of sp³-hybridized carbons (Fsp3) is 0.533. The van der Waals surface area contributed by atoms with Crippen molar-refractivity contribution in [3.63, 3.8) is 0 Å². The fourth-order valence-electron chi connectivity index (χ4n) is 3.59. The molecule has 2 fully saturated rings. The summed E-state index contributed by atoms with van der Waals surface area (Å²) in [7, 11) is 0. The lowest BCUT2D eigenvalue weighted by molar-refractivity contribution is 0.288. The molecule has 0 N–H and O–H groups in total. The Morgan fingerprint density at radius 2 is 1.88 bits per heavy atom. The van der Waals surface area contributed by atoms with Crippen molar-refractivity contribution in [2.24, 2.45) is 11.8 Å². The van der Waals surface area contributed by atoms with Gasteiger partial charge in [-0.25, -0.2) is 0 Å². The molecule has 1 aliphatic carbocycles. The Balaban J connectivity index is 1.88. The molecule has 1 nitrogen and oxygen atoms in total. The predicted molar refractivity (Wildman–Crippen MR) is 76.7 cm³/mol. The second-order valence-electron chi connectivity index (χ2n) is 5.32. The minimum absolute atomic E-state index is 0.484. The van der Waals surface area contributed by atoms with E-state index in [4.69, 9.17) is 12.2 Å². The van der Waals surface area contributed by atoms with Gasteiger partial charge in [0.25, 0.3) is 0 Å². The van der Waals surface area contributed by atoms with E-state index in [9.17, 15) is 0 Å². The van der Waals surface area contributed by atoms with Crippen molar-refractivity contribution in [3.05, 3.63) is 30.3 Å². The molecular weight excluding hydrogens is 226 g/mol. The van der Waals surface area contributed by atoms with Crippen LogP contribution in [0.1, 0.15) is 25.7 Å². The van der Waals surface area contributed by atoms with Gasteiger partial charge in [0.15, 0.2) is 0 Å². The van der Waals surface area contributed by atoms with Crippen LogP contribution in [0.5, 0.6) is 0 Å². The third-order valence-corrected chi connectivity index (χ3v) is 4.70. The summed E-state index contributed by atoms with van der Waals surface area (Å²) in [4.78, 5) is 2.52. The SMILES string of the molecule is S=CC1C2CCCCC2CN1c1ccccc1. The van der Waals surface area contributed by atoms with Gasteiger partial charge in [0.2, 0.25) is 0 Å². The van der Waals surface area contributed by atoms with Gasteiger partial charge in [0.1, 0.15) is 0 Å². The zero-order chi connectivity index (χ0) is 11.7. The normalized spacial score (nSPS) is 32.2. The van der Waals surface area contributed by atoms with E-state index in [1.54, 1.807) is 0 Å². The zero-order valence-corrected chi connectivity index (χ0v) is 10.9. The highest BCUT2D eigenvalue weighted by atomic mass is 32.1. The molecular formula is C15H19NS. The summed E-state index contributed by atoms with van der Waals surface area (Å²) in [5.41, 5.74) is 1.34. The molecule has 0 aromatic heterocycles. The van der Waals surface area contributed by atoms with Crippen molar-refractivity contribution in [2.45, 2.75) is 31.7 Å². The van der Waals surface area contributed by atoms with Gasteiger partial charge >= 0.3 is 0 Å². The second-order valence-corrected chi connectivity index (χ2v) is 5.60. The number of hydrogen-bond acceptors (Lipinski definition) is 2. The molecule has 0 radical (unpaired) electrons. The first kappa shape index (κ1) is 11.2. The van der Waals surface area contributed by atoms with Crippen LogP contribution < -0.4 is 4.90 Å². The van der Waals surface area contributed by atoms with E-state index in [0.29, 0.717) is 6.04 Å². The number of thiocarbonyl (C=S) groups is 1. The van der Waals surface area contributed by atoms with E-state index in [1.165, 1.54) is 37.9 Å². The van der Waals surface area contributed by atoms with Crippen molar-refractivity contribution < 1.29 is 0 Å². The largest absolute Gasteiger partial charge is 0.364 e.